The van der Waals surface area contributed by atoms with Crippen LogP contribution in [-0.2, 0) is 4.79 Å². The third kappa shape index (κ3) is 3.34. The van der Waals surface area contributed by atoms with Crippen LogP contribution in [0.4, 0.5) is 0 Å². The Hall–Kier alpha value is -0.610. The van der Waals surface area contributed by atoms with Crippen LogP contribution in [0.25, 0.3) is 0 Å². The maximum atomic E-state index is 10.3. The normalized spacial score (nSPS) is 19.7. The molecule has 4 N–H and O–H groups in total. The zero-order chi connectivity index (χ0) is 8.27. The SMILES string of the molecule is NCC(CC(=O)O)NC1CC1. The minimum atomic E-state index is -0.784. The third-order valence-corrected chi connectivity index (χ3v) is 1.75. The first-order valence-electron chi connectivity index (χ1n) is 3.90. The van der Waals surface area contributed by atoms with Crippen molar-refractivity contribution in [3.8, 4) is 0 Å². The van der Waals surface area contributed by atoms with Crippen LogP contribution in [0.5, 0.6) is 0 Å². The summed E-state index contributed by atoms with van der Waals surface area (Å²) in [6.07, 6.45) is 2.46. The van der Waals surface area contributed by atoms with E-state index >= 15 is 0 Å². The van der Waals surface area contributed by atoms with E-state index in [2.05, 4.69) is 5.32 Å². The Labute approximate surface area is 65.8 Å². The summed E-state index contributed by atoms with van der Waals surface area (Å²) in [4.78, 5) is 10.3. The molecule has 1 fully saturated rings. The highest BCUT2D eigenvalue weighted by Gasteiger charge is 2.24. The summed E-state index contributed by atoms with van der Waals surface area (Å²) in [7, 11) is 0. The van der Waals surface area contributed by atoms with Crippen LogP contribution < -0.4 is 11.1 Å². The average molecular weight is 158 g/mol. The second kappa shape index (κ2) is 3.69. The van der Waals surface area contributed by atoms with Gasteiger partial charge in [-0.1, -0.05) is 0 Å². The summed E-state index contributed by atoms with van der Waals surface area (Å²) < 4.78 is 0. The number of carbonyl (C=O) groups is 1. The summed E-state index contributed by atoms with van der Waals surface area (Å²) in [6, 6.07) is 0.489. The lowest BCUT2D eigenvalue weighted by atomic mass is 10.2. The number of nitrogens with one attached hydrogen (secondary N) is 1. The van der Waals surface area contributed by atoms with Gasteiger partial charge in [0.25, 0.3) is 0 Å². The molecular formula is C7H14N2O2. The zero-order valence-corrected chi connectivity index (χ0v) is 6.42. The van der Waals surface area contributed by atoms with E-state index in [1.807, 2.05) is 0 Å². The van der Waals surface area contributed by atoms with Gasteiger partial charge in [0.15, 0.2) is 0 Å². The molecule has 4 heteroatoms. The molecule has 1 saturated carbocycles. The van der Waals surface area contributed by atoms with E-state index < -0.39 is 5.97 Å². The minimum Gasteiger partial charge on any atom is -0.481 e. The smallest absolute Gasteiger partial charge is 0.304 e. The van der Waals surface area contributed by atoms with Crippen LogP contribution in [-0.4, -0.2) is 29.7 Å². The predicted molar refractivity (Wildman–Crippen MR) is 41.3 cm³/mol. The van der Waals surface area contributed by atoms with Crippen molar-refractivity contribution in [3.05, 3.63) is 0 Å². The van der Waals surface area contributed by atoms with Crippen molar-refractivity contribution >= 4 is 5.97 Å². The Morgan fingerprint density at radius 2 is 2.36 bits per heavy atom. The lowest BCUT2D eigenvalue weighted by molar-refractivity contribution is -0.137. The van der Waals surface area contributed by atoms with Crippen molar-refractivity contribution in [1.82, 2.24) is 5.32 Å². The van der Waals surface area contributed by atoms with Gasteiger partial charge in [0.1, 0.15) is 0 Å². The van der Waals surface area contributed by atoms with Crippen LogP contribution in [0.15, 0.2) is 0 Å². The van der Waals surface area contributed by atoms with Crippen LogP contribution in [0, 0.1) is 0 Å². The lowest BCUT2D eigenvalue weighted by Gasteiger charge is -2.12. The summed E-state index contributed by atoms with van der Waals surface area (Å²) in [5.41, 5.74) is 5.37. The highest BCUT2D eigenvalue weighted by Crippen LogP contribution is 2.19. The molecule has 1 atom stereocenters. The fourth-order valence-electron chi connectivity index (χ4n) is 1.00. The number of hydrogen-bond acceptors (Lipinski definition) is 3. The fraction of sp³-hybridized carbons (Fsp3) is 0.857. The largest absolute Gasteiger partial charge is 0.481 e. The molecule has 0 aromatic heterocycles. The van der Waals surface area contributed by atoms with Gasteiger partial charge in [-0.3, -0.25) is 4.79 Å². The van der Waals surface area contributed by atoms with Crippen LogP contribution in [0.2, 0.25) is 0 Å². The molecule has 1 unspecified atom stereocenters. The Bertz CT molecular complexity index is 145. The number of rotatable bonds is 5. The first-order valence-corrected chi connectivity index (χ1v) is 3.90. The summed E-state index contributed by atoms with van der Waals surface area (Å²) in [5, 5.41) is 11.6. The molecule has 11 heavy (non-hydrogen) atoms. The number of nitrogens with two attached hydrogens (primary N) is 1. The molecule has 0 spiro atoms. The molecule has 0 radical (unpaired) electrons. The topological polar surface area (TPSA) is 75.4 Å². The fourth-order valence-corrected chi connectivity index (χ4v) is 1.00. The van der Waals surface area contributed by atoms with Crippen LogP contribution in [0.1, 0.15) is 19.3 Å². The van der Waals surface area contributed by atoms with Crippen LogP contribution in [0.3, 0.4) is 0 Å². The monoisotopic (exact) mass is 158 g/mol. The Morgan fingerprint density at radius 1 is 1.73 bits per heavy atom. The van der Waals surface area contributed by atoms with Crippen molar-refractivity contribution in [1.29, 1.82) is 0 Å². The first kappa shape index (κ1) is 8.49. The van der Waals surface area contributed by atoms with Crippen molar-refractivity contribution in [3.63, 3.8) is 0 Å². The molecule has 4 nitrogen and oxygen atoms in total. The van der Waals surface area contributed by atoms with Crippen molar-refractivity contribution in [2.45, 2.75) is 31.3 Å². The zero-order valence-electron chi connectivity index (χ0n) is 6.42. The molecule has 1 aliphatic carbocycles. The molecular weight excluding hydrogens is 144 g/mol. The van der Waals surface area contributed by atoms with E-state index in [-0.39, 0.29) is 12.5 Å². The molecule has 0 saturated heterocycles. The molecule has 0 aromatic rings. The molecule has 0 aromatic carbocycles. The number of carboxylic acid groups (broad SMARTS) is 1. The highest BCUT2D eigenvalue weighted by molar-refractivity contribution is 5.67. The highest BCUT2D eigenvalue weighted by atomic mass is 16.4. The Balaban J connectivity index is 2.17. The van der Waals surface area contributed by atoms with Gasteiger partial charge < -0.3 is 16.2 Å². The quantitative estimate of drug-likeness (QED) is 0.506. The second-order valence-electron chi connectivity index (χ2n) is 2.97. The van der Waals surface area contributed by atoms with Gasteiger partial charge in [0.05, 0.1) is 6.42 Å². The van der Waals surface area contributed by atoms with E-state index in [0.29, 0.717) is 12.6 Å². The van der Waals surface area contributed by atoms with E-state index in [1.165, 1.54) is 0 Å². The molecule has 0 aliphatic heterocycles. The summed E-state index contributed by atoms with van der Waals surface area (Å²) >= 11 is 0. The predicted octanol–water partition coefficient (Wildman–Crippen LogP) is -0.460. The average Bonchev–Trinajstić information content (AvgIpc) is 2.69. The van der Waals surface area contributed by atoms with E-state index in [0.717, 1.165) is 12.8 Å². The minimum absolute atomic E-state index is 0.0417. The Kier molecular flexibility index (Phi) is 2.84. The Morgan fingerprint density at radius 3 is 2.73 bits per heavy atom. The van der Waals surface area contributed by atoms with E-state index in [9.17, 15) is 4.79 Å². The van der Waals surface area contributed by atoms with Gasteiger partial charge in [0, 0.05) is 18.6 Å². The van der Waals surface area contributed by atoms with Gasteiger partial charge in [-0.25, -0.2) is 0 Å². The molecule has 1 rings (SSSR count). The molecule has 0 bridgehead atoms. The summed E-state index contributed by atoms with van der Waals surface area (Å²) in [5.74, 6) is -0.784. The summed E-state index contributed by atoms with van der Waals surface area (Å²) in [6.45, 7) is 0.406. The maximum absolute atomic E-state index is 10.3. The number of hydrogen-bond donors (Lipinski definition) is 3. The van der Waals surface area contributed by atoms with E-state index in [1.54, 1.807) is 0 Å². The van der Waals surface area contributed by atoms with Gasteiger partial charge >= 0.3 is 5.97 Å². The molecule has 0 amide bonds. The third-order valence-electron chi connectivity index (χ3n) is 1.75. The van der Waals surface area contributed by atoms with Gasteiger partial charge in [-0.05, 0) is 12.8 Å². The maximum Gasteiger partial charge on any atom is 0.304 e. The van der Waals surface area contributed by atoms with Crippen molar-refractivity contribution in [2.24, 2.45) is 5.73 Å². The number of aliphatic carboxylic acids is 1. The molecule has 64 valence electrons. The van der Waals surface area contributed by atoms with Gasteiger partial charge in [-0.2, -0.15) is 0 Å². The lowest BCUT2D eigenvalue weighted by Crippen LogP contribution is -2.39. The number of carboxylic acids is 1. The molecule has 0 heterocycles. The van der Waals surface area contributed by atoms with E-state index in [4.69, 9.17) is 10.8 Å². The molecule has 1 aliphatic rings. The van der Waals surface area contributed by atoms with Crippen molar-refractivity contribution in [2.75, 3.05) is 6.54 Å². The van der Waals surface area contributed by atoms with Crippen LogP contribution >= 0.6 is 0 Å². The second-order valence-corrected chi connectivity index (χ2v) is 2.97. The van der Waals surface area contributed by atoms with Crippen molar-refractivity contribution < 1.29 is 9.90 Å². The standard InChI is InChI=1S/C7H14N2O2/c8-4-6(3-7(10)11)9-5-1-2-5/h5-6,9H,1-4,8H2,(H,10,11). The van der Waals surface area contributed by atoms with Gasteiger partial charge in [0.2, 0.25) is 0 Å². The first-order chi connectivity index (χ1) is 5.22. The van der Waals surface area contributed by atoms with Gasteiger partial charge in [-0.15, -0.1) is 0 Å².